The van der Waals surface area contributed by atoms with Crippen LogP contribution in [0.15, 0.2) is 63.5 Å². The molecule has 43 heavy (non-hydrogen) atoms. The molecular weight excluding hydrogens is 595 g/mol. The fraction of sp³-hybridized carbons (Fsp3) is 0.345. The molecule has 2 aliphatic rings. The topological polar surface area (TPSA) is 165 Å². The number of benzene rings is 1. The molecule has 224 valence electrons. The van der Waals surface area contributed by atoms with E-state index in [-0.39, 0.29) is 27.6 Å². The molecule has 6 N–H and O–H groups in total. The normalized spacial score (nSPS) is 21.4. The van der Waals surface area contributed by atoms with E-state index in [0.717, 1.165) is 19.3 Å². The number of carbonyl (C=O) groups excluding carboxylic acids is 1. The number of rotatable bonds is 5. The van der Waals surface area contributed by atoms with Gasteiger partial charge in [0.15, 0.2) is 11.4 Å². The third-order valence-electron chi connectivity index (χ3n) is 8.61. The van der Waals surface area contributed by atoms with Crippen molar-refractivity contribution in [1.82, 2.24) is 19.4 Å². The van der Waals surface area contributed by atoms with Crippen LogP contribution >= 0.6 is 23.4 Å². The largest absolute Gasteiger partial charge is 0.493 e. The number of amides is 1. The monoisotopic (exact) mass is 624 g/mol. The predicted molar refractivity (Wildman–Crippen MR) is 164 cm³/mol. The molecule has 1 aromatic carbocycles. The average Bonchev–Trinajstić information content (AvgIpc) is 3.20. The SMILES string of the molecule is CC1(F)CCC2(CCN(c3cnc(Sc4cccc(NC(=O)c5c(O)nc6ccccn6c5=O)c4Cl)c(N)n3)CC2)[C@@H]1N. The van der Waals surface area contributed by atoms with Gasteiger partial charge in [-0.2, -0.15) is 4.98 Å². The molecule has 1 aliphatic heterocycles. The molecule has 2 atom stereocenters. The summed E-state index contributed by atoms with van der Waals surface area (Å²) in [7, 11) is 0. The number of pyridine rings is 1. The molecule has 14 heteroatoms. The number of piperidine rings is 1. The van der Waals surface area contributed by atoms with E-state index in [1.807, 2.05) is 0 Å². The molecule has 1 unspecified atom stereocenters. The minimum Gasteiger partial charge on any atom is -0.493 e. The minimum absolute atomic E-state index is 0.188. The van der Waals surface area contributed by atoms with Crippen LogP contribution < -0.4 is 27.2 Å². The van der Waals surface area contributed by atoms with Crippen LogP contribution in [-0.4, -0.2) is 55.2 Å². The zero-order valence-electron chi connectivity index (χ0n) is 23.3. The Hall–Kier alpha value is -3.94. The summed E-state index contributed by atoms with van der Waals surface area (Å²) in [5.74, 6) is -0.704. The second-order valence-electron chi connectivity index (χ2n) is 11.2. The van der Waals surface area contributed by atoms with Gasteiger partial charge in [-0.05, 0) is 62.3 Å². The number of nitrogen functional groups attached to an aromatic ring is 1. The molecule has 6 rings (SSSR count). The molecule has 11 nitrogen and oxygen atoms in total. The van der Waals surface area contributed by atoms with Crippen molar-refractivity contribution in [2.45, 2.75) is 54.2 Å². The maximum Gasteiger partial charge on any atom is 0.274 e. The van der Waals surface area contributed by atoms with E-state index in [9.17, 15) is 19.1 Å². The maximum absolute atomic E-state index is 14.8. The number of aromatic hydroxyl groups is 1. The molecule has 0 bridgehead atoms. The van der Waals surface area contributed by atoms with Gasteiger partial charge in [-0.1, -0.05) is 35.5 Å². The highest BCUT2D eigenvalue weighted by molar-refractivity contribution is 7.99. The second-order valence-corrected chi connectivity index (χ2v) is 12.7. The van der Waals surface area contributed by atoms with Crippen LogP contribution in [0.1, 0.15) is 43.0 Å². The molecule has 4 heterocycles. The van der Waals surface area contributed by atoms with Gasteiger partial charge in [-0.25, -0.2) is 14.4 Å². The number of carbonyl (C=O) groups is 1. The molecule has 3 aromatic heterocycles. The van der Waals surface area contributed by atoms with Crippen molar-refractivity contribution in [3.8, 4) is 5.88 Å². The third kappa shape index (κ3) is 5.25. The van der Waals surface area contributed by atoms with Crippen molar-refractivity contribution >= 4 is 52.2 Å². The summed E-state index contributed by atoms with van der Waals surface area (Å²) in [4.78, 5) is 41.6. The van der Waals surface area contributed by atoms with E-state index in [1.165, 1.54) is 28.4 Å². The van der Waals surface area contributed by atoms with Crippen molar-refractivity contribution in [2.24, 2.45) is 11.1 Å². The summed E-state index contributed by atoms with van der Waals surface area (Å²) in [6, 6.07) is 9.31. The van der Waals surface area contributed by atoms with E-state index >= 15 is 0 Å². The number of hydrogen-bond donors (Lipinski definition) is 4. The summed E-state index contributed by atoms with van der Waals surface area (Å²) in [6.45, 7) is 2.97. The predicted octanol–water partition coefficient (Wildman–Crippen LogP) is 4.27. The number of alkyl halides is 1. The van der Waals surface area contributed by atoms with Gasteiger partial charge in [0.25, 0.3) is 11.5 Å². The number of aromatic nitrogens is 4. The quantitative estimate of drug-likeness (QED) is 0.252. The zero-order chi connectivity index (χ0) is 30.5. The van der Waals surface area contributed by atoms with Crippen LogP contribution in [-0.2, 0) is 0 Å². The van der Waals surface area contributed by atoms with Crippen LogP contribution in [0.2, 0.25) is 5.02 Å². The maximum atomic E-state index is 14.8. The Morgan fingerprint density at radius 1 is 1.16 bits per heavy atom. The van der Waals surface area contributed by atoms with E-state index in [2.05, 4.69) is 25.2 Å². The lowest BCUT2D eigenvalue weighted by atomic mass is 9.73. The van der Waals surface area contributed by atoms with Gasteiger partial charge in [0.2, 0.25) is 5.88 Å². The summed E-state index contributed by atoms with van der Waals surface area (Å²) in [6.07, 6.45) is 5.93. The minimum atomic E-state index is -1.33. The van der Waals surface area contributed by atoms with E-state index in [1.54, 1.807) is 43.5 Å². The standard InChI is InChI=1S/C29H30ClFN8O3S/c1-28(31)8-9-29(27(28)33)10-13-38(14-11-29)19-15-34-25(22(32)36-19)43-17-6-4-5-16(21(17)30)35-23(40)20-24(41)37-18-7-2-3-12-39(18)26(20)42/h2-7,12,15,27,41H,8-11,13-14,33H2,1H3,(H2,32,36)(H,35,40)/t27-,28?/m1/s1. The fourth-order valence-corrected chi connectivity index (χ4v) is 7.15. The summed E-state index contributed by atoms with van der Waals surface area (Å²) in [5, 5.41) is 13.5. The van der Waals surface area contributed by atoms with Gasteiger partial charge in [-0.15, -0.1) is 0 Å². The number of nitrogens with zero attached hydrogens (tertiary/aromatic N) is 5. The Morgan fingerprint density at radius 2 is 1.93 bits per heavy atom. The highest BCUT2D eigenvalue weighted by Gasteiger charge is 2.54. The van der Waals surface area contributed by atoms with Crippen LogP contribution in [0.5, 0.6) is 5.88 Å². The van der Waals surface area contributed by atoms with Crippen molar-refractivity contribution in [3.63, 3.8) is 0 Å². The van der Waals surface area contributed by atoms with Gasteiger partial charge in [0.05, 0.1) is 16.9 Å². The van der Waals surface area contributed by atoms with Gasteiger partial charge >= 0.3 is 0 Å². The molecule has 1 saturated heterocycles. The average molecular weight is 625 g/mol. The lowest BCUT2D eigenvalue weighted by molar-refractivity contribution is 0.102. The second kappa shape index (κ2) is 11.0. The van der Waals surface area contributed by atoms with E-state index in [4.69, 9.17) is 23.1 Å². The van der Waals surface area contributed by atoms with Crippen molar-refractivity contribution < 1.29 is 14.3 Å². The Kier molecular flexibility index (Phi) is 7.43. The summed E-state index contributed by atoms with van der Waals surface area (Å²) >= 11 is 7.80. The van der Waals surface area contributed by atoms with Crippen LogP contribution in [0.25, 0.3) is 5.65 Å². The Bertz CT molecular complexity index is 1790. The smallest absolute Gasteiger partial charge is 0.274 e. The number of nitrogens with one attached hydrogen (secondary N) is 1. The lowest BCUT2D eigenvalue weighted by Gasteiger charge is -2.43. The Morgan fingerprint density at radius 3 is 2.63 bits per heavy atom. The van der Waals surface area contributed by atoms with Gasteiger partial charge in [0.1, 0.15) is 22.2 Å². The molecule has 4 aromatic rings. The van der Waals surface area contributed by atoms with Crippen LogP contribution in [0, 0.1) is 5.41 Å². The fourth-order valence-electron chi connectivity index (χ4n) is 6.05. The Labute approximate surface area is 255 Å². The summed E-state index contributed by atoms with van der Waals surface area (Å²) in [5.41, 5.74) is 10.3. The number of hydrogen-bond acceptors (Lipinski definition) is 10. The molecule has 1 amide bonds. The van der Waals surface area contributed by atoms with Gasteiger partial charge in [-0.3, -0.25) is 14.0 Å². The molecule has 2 fully saturated rings. The number of fused-ring (bicyclic) bond motifs is 1. The number of halogens is 2. The number of nitrogens with two attached hydrogens (primary N) is 2. The van der Waals surface area contributed by atoms with Crippen molar-refractivity contribution in [3.05, 3.63) is 69.7 Å². The highest BCUT2D eigenvalue weighted by atomic mass is 35.5. The van der Waals surface area contributed by atoms with Crippen LogP contribution in [0.4, 0.5) is 21.7 Å². The highest BCUT2D eigenvalue weighted by Crippen LogP contribution is 2.51. The Balaban J connectivity index is 1.16. The first kappa shape index (κ1) is 29.1. The van der Waals surface area contributed by atoms with Gasteiger partial charge in [0, 0.05) is 30.2 Å². The lowest BCUT2D eigenvalue weighted by Crippen LogP contribution is -2.52. The van der Waals surface area contributed by atoms with Gasteiger partial charge < -0.3 is 26.8 Å². The van der Waals surface area contributed by atoms with Crippen molar-refractivity contribution in [2.75, 3.05) is 29.0 Å². The number of anilines is 3. The molecule has 1 saturated carbocycles. The van der Waals surface area contributed by atoms with Crippen molar-refractivity contribution in [1.29, 1.82) is 0 Å². The molecule has 1 aliphatic carbocycles. The van der Waals surface area contributed by atoms with Crippen LogP contribution in [0.3, 0.4) is 0 Å². The summed E-state index contributed by atoms with van der Waals surface area (Å²) < 4.78 is 15.9. The third-order valence-corrected chi connectivity index (χ3v) is 10.2. The molecular formula is C29H30ClFN8O3S. The zero-order valence-corrected chi connectivity index (χ0v) is 24.8. The first-order valence-electron chi connectivity index (χ1n) is 13.8. The molecule has 1 spiro atoms. The van der Waals surface area contributed by atoms with E-state index < -0.39 is 34.6 Å². The van der Waals surface area contributed by atoms with E-state index in [0.29, 0.717) is 35.2 Å². The first-order chi connectivity index (χ1) is 20.5. The molecule has 0 radical (unpaired) electrons. The first-order valence-corrected chi connectivity index (χ1v) is 15.0.